The lowest BCUT2D eigenvalue weighted by atomic mass is 9.98. The third kappa shape index (κ3) is 20.6. The molecule has 2 rings (SSSR count). The van der Waals surface area contributed by atoms with Crippen molar-refractivity contribution in [3.8, 4) is 0 Å². The van der Waals surface area contributed by atoms with Gasteiger partial charge in [0.05, 0.1) is 13.2 Å². The van der Waals surface area contributed by atoms with E-state index in [0.29, 0.717) is 6.61 Å². The number of rotatable bonds is 20. The maximum atomic E-state index is 7.11. The Morgan fingerprint density at radius 1 is 0.291 bits per heavy atom. The fraction of sp³-hybridized carbons (Fsp3) is 1.00. The number of ether oxygens (including phenoxy) is 3. The summed E-state index contributed by atoms with van der Waals surface area (Å²) in [6.45, 7) is 53.4. The Morgan fingerprint density at radius 3 is 0.891 bits per heavy atom. The first kappa shape index (κ1) is 52.4. The SMILES string of the molecule is C[Si](C)(C)OC[C@@H]1O[C@H](OC[C@@H]2O[C@H](O[Si](C)(C)C)[C@@H](O[Si](C)(C)C)[C@H](O[Si](C)(C)C)[C@H]2O[Si](C)(C)C)[C@@H](O[Si](C)(C)C)[C@H](O[Si](C)(C)C)[C@H]1O[Si](C)(C)C. The van der Waals surface area contributed by atoms with Crippen LogP contribution >= 0.6 is 0 Å². The van der Waals surface area contributed by atoms with Gasteiger partial charge >= 0.3 is 0 Å². The largest absolute Gasteiger partial charge is 0.415 e. The van der Waals surface area contributed by atoms with Crippen LogP contribution in [0.2, 0.25) is 157 Å². The Bertz CT molecular complexity index is 1180. The summed E-state index contributed by atoms with van der Waals surface area (Å²) >= 11 is 0. The van der Waals surface area contributed by atoms with Crippen molar-refractivity contribution < 1.29 is 49.6 Å². The summed E-state index contributed by atoms with van der Waals surface area (Å²) in [7, 11) is -16.8. The maximum absolute atomic E-state index is 7.11. The third-order valence-electron chi connectivity index (χ3n) is 7.70. The Morgan fingerprint density at radius 2 is 0.564 bits per heavy atom. The third-order valence-corrected chi connectivity index (χ3v) is 15.5. The van der Waals surface area contributed by atoms with Crippen LogP contribution in [0, 0.1) is 0 Å². The molecule has 0 aromatic carbocycles. The van der Waals surface area contributed by atoms with Gasteiger partial charge in [0.15, 0.2) is 79.1 Å². The van der Waals surface area contributed by atoms with Crippen molar-refractivity contribution in [2.75, 3.05) is 13.2 Å². The monoisotopic (exact) mass is 918 g/mol. The molecule has 2 saturated heterocycles. The molecule has 0 aromatic rings. The zero-order chi connectivity index (χ0) is 43.0. The van der Waals surface area contributed by atoms with Crippen LogP contribution in [0.3, 0.4) is 0 Å². The van der Waals surface area contributed by atoms with Gasteiger partial charge in [0, 0.05) is 0 Å². The molecule has 2 heterocycles. The lowest BCUT2D eigenvalue weighted by Gasteiger charge is -2.53. The summed E-state index contributed by atoms with van der Waals surface area (Å²) in [5, 5.41) is 0. The van der Waals surface area contributed by atoms with Crippen LogP contribution in [0.25, 0.3) is 0 Å². The lowest BCUT2D eigenvalue weighted by Crippen LogP contribution is -2.68. The van der Waals surface area contributed by atoms with Gasteiger partial charge in [-0.1, -0.05) is 0 Å². The smallest absolute Gasteiger partial charge is 0.187 e. The molecule has 0 aromatic heterocycles. The van der Waals surface area contributed by atoms with E-state index in [0.717, 1.165) is 0 Å². The van der Waals surface area contributed by atoms with Crippen LogP contribution in [0.4, 0.5) is 0 Å². The van der Waals surface area contributed by atoms with Crippen LogP contribution in [0.5, 0.6) is 0 Å². The Labute approximate surface area is 346 Å². The predicted octanol–water partition coefficient (Wildman–Crippen LogP) is 9.48. The first-order valence-corrected chi connectivity index (χ1v) is 47.8. The maximum Gasteiger partial charge on any atom is 0.187 e. The highest BCUT2D eigenvalue weighted by Crippen LogP contribution is 2.38. The van der Waals surface area contributed by atoms with Crippen LogP contribution in [0.15, 0.2) is 0 Å². The molecule has 2 aliphatic rings. The van der Waals surface area contributed by atoms with E-state index in [1.807, 2.05) is 0 Å². The van der Waals surface area contributed by atoms with Crippen LogP contribution in [-0.2, 0) is 49.6 Å². The molecule has 328 valence electrons. The van der Waals surface area contributed by atoms with Crippen molar-refractivity contribution in [1.82, 2.24) is 0 Å². The highest BCUT2D eigenvalue weighted by Gasteiger charge is 2.55. The summed E-state index contributed by atoms with van der Waals surface area (Å²) in [6.07, 6.45) is -5.02. The second-order valence-electron chi connectivity index (χ2n) is 23.2. The molecule has 0 bridgehead atoms. The average Bonchev–Trinajstić information content (AvgIpc) is 2.87. The minimum absolute atomic E-state index is 0.170. The fourth-order valence-corrected chi connectivity index (χ4v) is 14.4. The van der Waals surface area contributed by atoms with Crippen molar-refractivity contribution in [2.24, 2.45) is 0 Å². The molecule has 0 saturated carbocycles. The Kier molecular flexibility index (Phi) is 18.2. The van der Waals surface area contributed by atoms with Gasteiger partial charge in [0.1, 0.15) is 48.8 Å². The van der Waals surface area contributed by atoms with Crippen molar-refractivity contribution in [2.45, 2.75) is 219 Å². The molecule has 0 amide bonds. The van der Waals surface area contributed by atoms with Gasteiger partial charge in [-0.2, -0.15) is 0 Å². The first-order chi connectivity index (χ1) is 24.2. The molecule has 0 aliphatic carbocycles. The van der Waals surface area contributed by atoms with Gasteiger partial charge in [0.2, 0.25) is 0 Å². The normalized spacial score (nSPS) is 31.2. The molecule has 0 spiro atoms. The van der Waals surface area contributed by atoms with E-state index >= 15 is 0 Å². The van der Waals surface area contributed by atoms with E-state index in [9.17, 15) is 0 Å². The van der Waals surface area contributed by atoms with E-state index in [-0.39, 0.29) is 12.7 Å². The molecule has 0 N–H and O–H groups in total. The zero-order valence-electron chi connectivity index (χ0n) is 39.7. The molecule has 11 nitrogen and oxygen atoms in total. The van der Waals surface area contributed by atoms with E-state index in [1.54, 1.807) is 0 Å². The molecule has 55 heavy (non-hydrogen) atoms. The highest BCUT2D eigenvalue weighted by atomic mass is 28.4. The summed E-state index contributed by atoms with van der Waals surface area (Å²) in [5.74, 6) is 0. The van der Waals surface area contributed by atoms with Gasteiger partial charge in [-0.25, -0.2) is 0 Å². The topological polar surface area (TPSA) is 102 Å². The first-order valence-electron chi connectivity index (χ1n) is 20.5. The van der Waals surface area contributed by atoms with Gasteiger partial charge in [-0.3, -0.25) is 0 Å². The van der Waals surface area contributed by atoms with Crippen LogP contribution < -0.4 is 0 Å². The standard InChI is InChI=1S/C36H86O11Si8/c1-48(2,3)38-26-28-30(42-50(7,8)9)31(43-51(10,11)12)33(45-53(16,17)18)35(39-28)37-25-27-29(41-49(4,5)6)32(44-52(13,14)15)34(46-54(19,20)21)36(40-27)47-55(22,23)24/h27-36H,25-26H2,1-24H3/t27-,28-,29-,30-,31+,32+,33-,34-,35-,36+/m0/s1. The molecule has 2 fully saturated rings. The van der Waals surface area contributed by atoms with Gasteiger partial charge in [-0.05, 0) is 157 Å². The molecule has 19 heteroatoms. The van der Waals surface area contributed by atoms with Gasteiger partial charge in [0.25, 0.3) is 0 Å². The van der Waals surface area contributed by atoms with Crippen LogP contribution in [0.1, 0.15) is 0 Å². The Balaban J connectivity index is 2.76. The summed E-state index contributed by atoms with van der Waals surface area (Å²) < 4.78 is 76.8. The van der Waals surface area contributed by atoms with Crippen molar-refractivity contribution in [3.05, 3.63) is 0 Å². The Hall–Kier alpha value is 1.30. The summed E-state index contributed by atoms with van der Waals surface area (Å²) in [5.41, 5.74) is 0. The minimum atomic E-state index is -2.17. The number of hydrogen-bond acceptors (Lipinski definition) is 11. The van der Waals surface area contributed by atoms with E-state index in [1.165, 1.54) is 0 Å². The fourth-order valence-electron chi connectivity index (χ4n) is 6.38. The second kappa shape index (κ2) is 19.1. The number of hydrogen-bond donors (Lipinski definition) is 0. The lowest BCUT2D eigenvalue weighted by molar-refractivity contribution is -0.314. The minimum Gasteiger partial charge on any atom is -0.415 e. The molecule has 0 radical (unpaired) electrons. The van der Waals surface area contributed by atoms with Crippen LogP contribution in [-0.4, -0.2) is 141 Å². The summed E-state index contributed by atoms with van der Waals surface area (Å²) in [6, 6.07) is 0. The van der Waals surface area contributed by atoms with Crippen molar-refractivity contribution in [3.63, 3.8) is 0 Å². The highest BCUT2D eigenvalue weighted by molar-refractivity contribution is 6.72. The summed E-state index contributed by atoms with van der Waals surface area (Å²) in [4.78, 5) is 0. The zero-order valence-corrected chi connectivity index (χ0v) is 47.7. The molecular weight excluding hydrogens is 833 g/mol. The van der Waals surface area contributed by atoms with Gasteiger partial charge < -0.3 is 49.6 Å². The van der Waals surface area contributed by atoms with E-state index in [4.69, 9.17) is 49.6 Å². The molecule has 2 aliphatic heterocycles. The van der Waals surface area contributed by atoms with E-state index in [2.05, 4.69) is 157 Å². The van der Waals surface area contributed by atoms with Crippen molar-refractivity contribution >= 4 is 66.5 Å². The predicted molar refractivity (Wildman–Crippen MR) is 246 cm³/mol. The van der Waals surface area contributed by atoms with Crippen molar-refractivity contribution in [1.29, 1.82) is 0 Å². The van der Waals surface area contributed by atoms with E-state index < -0.39 is 122 Å². The average molecular weight is 920 g/mol. The molecule has 10 atom stereocenters. The second-order valence-corrected chi connectivity index (χ2v) is 59.0. The quantitative estimate of drug-likeness (QED) is 0.109. The molecule has 0 unspecified atom stereocenters. The van der Waals surface area contributed by atoms with Gasteiger partial charge in [-0.15, -0.1) is 0 Å². The molecular formula is C36H86O11Si8.